The molecule has 0 radical (unpaired) electrons. The molecule has 0 spiro atoms. The van der Waals surface area contributed by atoms with E-state index in [4.69, 9.17) is 5.26 Å². The third-order valence-electron chi connectivity index (χ3n) is 3.42. The Morgan fingerprint density at radius 1 is 1.33 bits per heavy atom. The molecule has 0 aliphatic rings. The summed E-state index contributed by atoms with van der Waals surface area (Å²) in [6, 6.07) is 7.48. The molecule has 0 amide bonds. The number of hydrogen-bond donors (Lipinski definition) is 3. The van der Waals surface area contributed by atoms with Gasteiger partial charge in [-0.2, -0.15) is 5.26 Å². The van der Waals surface area contributed by atoms with Gasteiger partial charge in [0.05, 0.1) is 23.9 Å². The summed E-state index contributed by atoms with van der Waals surface area (Å²) in [6.45, 7) is 3.81. The molecule has 108 valence electrons. The summed E-state index contributed by atoms with van der Waals surface area (Å²) in [6.07, 6.45) is 1.56. The molecule has 0 unspecified atom stereocenters. The molecule has 0 fully saturated rings. The first kappa shape index (κ1) is 14.8. The van der Waals surface area contributed by atoms with Crippen molar-refractivity contribution in [2.45, 2.75) is 27.0 Å². The van der Waals surface area contributed by atoms with Crippen molar-refractivity contribution in [1.82, 2.24) is 4.98 Å². The number of aromatic nitrogens is 1. The molecule has 0 aliphatic heterocycles. The zero-order valence-electron chi connectivity index (χ0n) is 12.0. The number of nitriles is 1. The fraction of sp³-hybridized carbons (Fsp3) is 0.250. The van der Waals surface area contributed by atoms with Crippen LogP contribution in [-0.2, 0) is 13.2 Å². The average molecular weight is 283 g/mol. The molecule has 0 bridgehead atoms. The summed E-state index contributed by atoms with van der Waals surface area (Å²) in [4.78, 5) is 4.03. The van der Waals surface area contributed by atoms with Gasteiger partial charge >= 0.3 is 0 Å². The van der Waals surface area contributed by atoms with Crippen LogP contribution < -0.4 is 5.32 Å². The summed E-state index contributed by atoms with van der Waals surface area (Å²) in [5.74, 6) is 0.0862. The van der Waals surface area contributed by atoms with Crippen LogP contribution in [0, 0.1) is 25.2 Å². The summed E-state index contributed by atoms with van der Waals surface area (Å²) in [7, 11) is 0. The lowest BCUT2D eigenvalue weighted by atomic mass is 10.1. The van der Waals surface area contributed by atoms with Crippen molar-refractivity contribution >= 4 is 5.69 Å². The second-order valence-electron chi connectivity index (χ2n) is 4.85. The first-order chi connectivity index (χ1) is 10.1. The zero-order chi connectivity index (χ0) is 15.4. The van der Waals surface area contributed by atoms with E-state index in [2.05, 4.69) is 16.4 Å². The Morgan fingerprint density at radius 2 is 2.10 bits per heavy atom. The van der Waals surface area contributed by atoms with E-state index in [0.717, 1.165) is 11.3 Å². The fourth-order valence-corrected chi connectivity index (χ4v) is 2.08. The van der Waals surface area contributed by atoms with Gasteiger partial charge in [-0.1, -0.05) is 6.07 Å². The SMILES string of the molecule is Cc1ccc(C#N)cc1NCc1c(CO)cnc(C)c1O. The Morgan fingerprint density at radius 3 is 2.76 bits per heavy atom. The third-order valence-corrected chi connectivity index (χ3v) is 3.42. The van der Waals surface area contributed by atoms with Crippen LogP contribution in [0.4, 0.5) is 5.69 Å². The van der Waals surface area contributed by atoms with Crippen LogP contribution in [-0.4, -0.2) is 15.2 Å². The van der Waals surface area contributed by atoms with Crippen molar-refractivity contribution in [3.63, 3.8) is 0 Å². The summed E-state index contributed by atoms with van der Waals surface area (Å²) in [5.41, 5.74) is 4.12. The number of aliphatic hydroxyl groups is 1. The monoisotopic (exact) mass is 283 g/mol. The van der Waals surface area contributed by atoms with Crippen molar-refractivity contribution in [3.05, 3.63) is 52.3 Å². The highest BCUT2D eigenvalue weighted by atomic mass is 16.3. The number of hydrogen-bond acceptors (Lipinski definition) is 5. The molecule has 0 atom stereocenters. The van der Waals surface area contributed by atoms with Gasteiger partial charge in [0.25, 0.3) is 0 Å². The Hall–Kier alpha value is -2.58. The molecular weight excluding hydrogens is 266 g/mol. The largest absolute Gasteiger partial charge is 0.506 e. The Kier molecular flexibility index (Phi) is 4.41. The van der Waals surface area contributed by atoms with Gasteiger partial charge in [-0.3, -0.25) is 4.98 Å². The van der Waals surface area contributed by atoms with E-state index in [0.29, 0.717) is 28.9 Å². The Labute approximate surface area is 123 Å². The lowest BCUT2D eigenvalue weighted by Crippen LogP contribution is -2.06. The number of aliphatic hydroxyl groups excluding tert-OH is 1. The number of aromatic hydroxyl groups is 1. The van der Waals surface area contributed by atoms with Gasteiger partial charge in [0, 0.05) is 29.6 Å². The lowest BCUT2D eigenvalue weighted by molar-refractivity contribution is 0.279. The number of pyridine rings is 1. The van der Waals surface area contributed by atoms with Crippen molar-refractivity contribution < 1.29 is 10.2 Å². The minimum Gasteiger partial charge on any atom is -0.506 e. The molecule has 5 heteroatoms. The van der Waals surface area contributed by atoms with E-state index in [1.807, 2.05) is 13.0 Å². The predicted molar refractivity (Wildman–Crippen MR) is 79.8 cm³/mol. The van der Waals surface area contributed by atoms with Crippen LogP contribution in [0.2, 0.25) is 0 Å². The maximum atomic E-state index is 10.1. The van der Waals surface area contributed by atoms with Crippen LogP contribution in [0.5, 0.6) is 5.75 Å². The normalized spacial score (nSPS) is 10.2. The molecule has 1 heterocycles. The minimum absolute atomic E-state index is 0.0862. The molecule has 5 nitrogen and oxygen atoms in total. The highest BCUT2D eigenvalue weighted by Gasteiger charge is 2.11. The minimum atomic E-state index is -0.185. The number of aryl methyl sites for hydroxylation is 2. The molecular formula is C16H17N3O2. The van der Waals surface area contributed by atoms with Crippen LogP contribution in [0.1, 0.15) is 27.9 Å². The molecule has 1 aromatic heterocycles. The van der Waals surface area contributed by atoms with Crippen molar-refractivity contribution in [2.75, 3.05) is 5.32 Å². The van der Waals surface area contributed by atoms with Gasteiger partial charge in [0.2, 0.25) is 0 Å². The highest BCUT2D eigenvalue weighted by molar-refractivity contribution is 5.56. The van der Waals surface area contributed by atoms with Crippen molar-refractivity contribution in [2.24, 2.45) is 0 Å². The van der Waals surface area contributed by atoms with E-state index in [9.17, 15) is 10.2 Å². The molecule has 2 aromatic rings. The predicted octanol–water partition coefficient (Wildman–Crippen LogP) is 2.38. The summed E-state index contributed by atoms with van der Waals surface area (Å²) in [5, 5.41) is 31.6. The van der Waals surface area contributed by atoms with E-state index in [1.54, 1.807) is 25.3 Å². The molecule has 3 N–H and O–H groups in total. The smallest absolute Gasteiger partial charge is 0.142 e. The average Bonchev–Trinajstić information content (AvgIpc) is 2.50. The molecule has 0 saturated heterocycles. The highest BCUT2D eigenvalue weighted by Crippen LogP contribution is 2.26. The van der Waals surface area contributed by atoms with E-state index in [-0.39, 0.29) is 12.4 Å². The van der Waals surface area contributed by atoms with Crippen LogP contribution in [0.3, 0.4) is 0 Å². The number of rotatable bonds is 4. The van der Waals surface area contributed by atoms with Gasteiger partial charge in [-0.25, -0.2) is 0 Å². The number of benzene rings is 1. The van der Waals surface area contributed by atoms with Gasteiger partial charge in [-0.05, 0) is 31.5 Å². The standard InChI is InChI=1S/C16H17N3O2/c1-10-3-4-12(6-17)5-15(10)19-8-14-13(9-20)7-18-11(2)16(14)21/h3-5,7,19-21H,8-9H2,1-2H3. The second kappa shape index (κ2) is 6.25. The molecule has 1 aromatic carbocycles. The molecule has 2 rings (SSSR count). The number of anilines is 1. The van der Waals surface area contributed by atoms with Gasteiger partial charge < -0.3 is 15.5 Å². The Bertz CT molecular complexity index is 705. The summed E-state index contributed by atoms with van der Waals surface area (Å²) < 4.78 is 0. The molecule has 0 aliphatic carbocycles. The van der Waals surface area contributed by atoms with Gasteiger partial charge in [0.15, 0.2) is 0 Å². The lowest BCUT2D eigenvalue weighted by Gasteiger charge is -2.14. The van der Waals surface area contributed by atoms with Crippen LogP contribution in [0.25, 0.3) is 0 Å². The van der Waals surface area contributed by atoms with Gasteiger partial charge in [-0.15, -0.1) is 0 Å². The number of nitrogens with zero attached hydrogens (tertiary/aromatic N) is 2. The quantitative estimate of drug-likeness (QED) is 0.801. The first-order valence-corrected chi connectivity index (χ1v) is 6.58. The maximum absolute atomic E-state index is 10.1. The third kappa shape index (κ3) is 3.12. The molecule has 21 heavy (non-hydrogen) atoms. The summed E-state index contributed by atoms with van der Waals surface area (Å²) >= 11 is 0. The fourth-order valence-electron chi connectivity index (χ4n) is 2.08. The van der Waals surface area contributed by atoms with E-state index >= 15 is 0 Å². The van der Waals surface area contributed by atoms with E-state index < -0.39 is 0 Å². The second-order valence-corrected chi connectivity index (χ2v) is 4.85. The van der Waals surface area contributed by atoms with Crippen LogP contribution in [0.15, 0.2) is 24.4 Å². The topological polar surface area (TPSA) is 89.2 Å². The van der Waals surface area contributed by atoms with Crippen molar-refractivity contribution in [3.8, 4) is 11.8 Å². The Balaban J connectivity index is 2.29. The number of nitrogens with one attached hydrogen (secondary N) is 1. The van der Waals surface area contributed by atoms with Crippen molar-refractivity contribution in [1.29, 1.82) is 5.26 Å². The zero-order valence-corrected chi connectivity index (χ0v) is 12.0. The van der Waals surface area contributed by atoms with Crippen LogP contribution >= 0.6 is 0 Å². The maximum Gasteiger partial charge on any atom is 0.142 e. The molecule has 0 saturated carbocycles. The first-order valence-electron chi connectivity index (χ1n) is 6.58. The van der Waals surface area contributed by atoms with Gasteiger partial charge in [0.1, 0.15) is 5.75 Å². The van der Waals surface area contributed by atoms with E-state index in [1.165, 1.54) is 0 Å².